The molecule has 17 heavy (non-hydrogen) atoms. The molecule has 0 aliphatic heterocycles. The molecule has 0 amide bonds. The van der Waals surface area contributed by atoms with Crippen LogP contribution in [0.5, 0.6) is 0 Å². The lowest BCUT2D eigenvalue weighted by Gasteiger charge is -2.23. The first-order chi connectivity index (χ1) is 8.19. The number of hydrogen-bond donors (Lipinski definition) is 0. The van der Waals surface area contributed by atoms with Crippen molar-refractivity contribution in [3.05, 3.63) is 22.3 Å². The van der Waals surface area contributed by atoms with Gasteiger partial charge in [0.25, 0.3) is 0 Å². The summed E-state index contributed by atoms with van der Waals surface area (Å²) in [6.07, 6.45) is 1.83. The molecule has 0 aliphatic carbocycles. The van der Waals surface area contributed by atoms with Crippen molar-refractivity contribution in [3.8, 4) is 0 Å². The smallest absolute Gasteiger partial charge is 0.128 e. The fourth-order valence-corrected chi connectivity index (χ4v) is 1.66. The lowest BCUT2D eigenvalue weighted by molar-refractivity contribution is 0.190. The van der Waals surface area contributed by atoms with Crippen molar-refractivity contribution in [2.24, 2.45) is 0 Å². The van der Waals surface area contributed by atoms with Gasteiger partial charge >= 0.3 is 0 Å². The fourth-order valence-electron chi connectivity index (χ4n) is 1.44. The topological polar surface area (TPSA) is 34.6 Å². The van der Waals surface area contributed by atoms with Crippen LogP contribution in [0.1, 0.15) is 5.56 Å². The van der Waals surface area contributed by atoms with Crippen LogP contribution in [0, 0.1) is 6.92 Å². The van der Waals surface area contributed by atoms with Crippen molar-refractivity contribution < 1.29 is 9.47 Å². The van der Waals surface area contributed by atoms with Crippen molar-refractivity contribution in [1.29, 1.82) is 0 Å². The second kappa shape index (κ2) is 7.63. The van der Waals surface area contributed by atoms with Gasteiger partial charge in [-0.3, -0.25) is 0 Å². The largest absolute Gasteiger partial charge is 0.383 e. The van der Waals surface area contributed by atoms with E-state index in [1.165, 1.54) is 5.56 Å². The van der Waals surface area contributed by atoms with E-state index in [0.717, 1.165) is 23.4 Å². The quantitative estimate of drug-likeness (QED) is 0.774. The fraction of sp³-hybridized carbons (Fsp3) is 0.583. The second-order valence-corrected chi connectivity index (χ2v) is 4.62. The van der Waals surface area contributed by atoms with Crippen LogP contribution in [0.4, 0.5) is 5.82 Å². The molecule has 1 aromatic heterocycles. The molecule has 0 spiro atoms. The molecule has 4 nitrogen and oxygen atoms in total. The zero-order chi connectivity index (χ0) is 12.7. The first-order valence-corrected chi connectivity index (χ1v) is 6.33. The highest BCUT2D eigenvalue weighted by atomic mass is 79.9. The van der Waals surface area contributed by atoms with Crippen LogP contribution in [0.25, 0.3) is 0 Å². The third-order valence-corrected chi connectivity index (χ3v) is 3.32. The third kappa shape index (κ3) is 4.61. The van der Waals surface area contributed by atoms with E-state index in [2.05, 4.69) is 38.8 Å². The lowest BCUT2D eigenvalue weighted by atomic mass is 10.3. The minimum atomic E-state index is 0.681. The third-order valence-electron chi connectivity index (χ3n) is 2.49. The van der Waals surface area contributed by atoms with E-state index in [4.69, 9.17) is 9.47 Å². The summed E-state index contributed by atoms with van der Waals surface area (Å²) in [7, 11) is 3.41. The van der Waals surface area contributed by atoms with Crippen LogP contribution >= 0.6 is 15.9 Å². The molecule has 5 heteroatoms. The van der Waals surface area contributed by atoms with Gasteiger partial charge in [-0.15, -0.1) is 0 Å². The van der Waals surface area contributed by atoms with Gasteiger partial charge in [0.15, 0.2) is 0 Å². The molecular weight excluding hydrogens is 284 g/mol. The number of halogens is 1. The predicted molar refractivity (Wildman–Crippen MR) is 72.6 cm³/mol. The minimum Gasteiger partial charge on any atom is -0.383 e. The average Bonchev–Trinajstić information content (AvgIpc) is 2.33. The summed E-state index contributed by atoms with van der Waals surface area (Å²) >= 11 is 3.45. The van der Waals surface area contributed by atoms with E-state index in [1.807, 2.05) is 6.20 Å². The second-order valence-electron chi connectivity index (χ2n) is 3.76. The summed E-state index contributed by atoms with van der Waals surface area (Å²) in [5.41, 5.74) is 1.18. The molecule has 0 aromatic carbocycles. The molecule has 0 radical (unpaired) electrons. The number of aryl methyl sites for hydroxylation is 1. The van der Waals surface area contributed by atoms with E-state index in [0.29, 0.717) is 13.2 Å². The van der Waals surface area contributed by atoms with Gasteiger partial charge in [0.05, 0.1) is 13.2 Å². The number of methoxy groups -OCH3 is 2. The van der Waals surface area contributed by atoms with Crippen LogP contribution in [0.3, 0.4) is 0 Å². The highest BCUT2D eigenvalue weighted by molar-refractivity contribution is 9.10. The standard InChI is InChI=1S/C12H19BrN2O2/c1-10-8-12(14-9-11(10)13)15(4-6-16-2)5-7-17-3/h8-9H,4-7H2,1-3H3. The summed E-state index contributed by atoms with van der Waals surface area (Å²) in [5, 5.41) is 0. The van der Waals surface area contributed by atoms with Gasteiger partial charge in [0.2, 0.25) is 0 Å². The monoisotopic (exact) mass is 302 g/mol. The highest BCUT2D eigenvalue weighted by Gasteiger charge is 2.08. The van der Waals surface area contributed by atoms with E-state index in [1.54, 1.807) is 14.2 Å². The molecule has 0 N–H and O–H groups in total. The molecular formula is C12H19BrN2O2. The number of aromatic nitrogens is 1. The Labute approximate surface area is 111 Å². The number of nitrogens with zero attached hydrogens (tertiary/aromatic N) is 2. The maximum Gasteiger partial charge on any atom is 0.128 e. The molecule has 1 rings (SSSR count). The van der Waals surface area contributed by atoms with Crippen LogP contribution in [-0.4, -0.2) is 45.5 Å². The molecule has 1 aromatic rings. The Morgan fingerprint density at radius 2 is 1.82 bits per heavy atom. The van der Waals surface area contributed by atoms with Gasteiger partial charge in [-0.25, -0.2) is 4.98 Å². The van der Waals surface area contributed by atoms with Gasteiger partial charge in [-0.2, -0.15) is 0 Å². The summed E-state index contributed by atoms with van der Waals surface area (Å²) in [4.78, 5) is 6.57. The molecule has 96 valence electrons. The lowest BCUT2D eigenvalue weighted by Crippen LogP contribution is -2.31. The van der Waals surface area contributed by atoms with E-state index >= 15 is 0 Å². The van der Waals surface area contributed by atoms with E-state index in [9.17, 15) is 0 Å². The van der Waals surface area contributed by atoms with Gasteiger partial charge in [0.1, 0.15) is 5.82 Å². The average molecular weight is 303 g/mol. The van der Waals surface area contributed by atoms with Crippen molar-refractivity contribution in [3.63, 3.8) is 0 Å². The first kappa shape index (κ1) is 14.4. The zero-order valence-electron chi connectivity index (χ0n) is 10.6. The highest BCUT2D eigenvalue weighted by Crippen LogP contribution is 2.19. The normalized spacial score (nSPS) is 10.6. The Morgan fingerprint density at radius 1 is 1.24 bits per heavy atom. The van der Waals surface area contributed by atoms with Crippen molar-refractivity contribution >= 4 is 21.7 Å². The number of anilines is 1. The Balaban J connectivity index is 2.75. The molecule has 0 atom stereocenters. The zero-order valence-corrected chi connectivity index (χ0v) is 12.2. The molecule has 0 aliphatic rings. The van der Waals surface area contributed by atoms with Gasteiger partial charge in [0, 0.05) is 38.0 Å². The Hall–Kier alpha value is -0.650. The van der Waals surface area contributed by atoms with Crippen LogP contribution in [0.15, 0.2) is 16.7 Å². The van der Waals surface area contributed by atoms with Gasteiger partial charge in [-0.05, 0) is 34.5 Å². The van der Waals surface area contributed by atoms with E-state index in [-0.39, 0.29) is 0 Å². The van der Waals surface area contributed by atoms with Crippen LogP contribution < -0.4 is 4.90 Å². The van der Waals surface area contributed by atoms with Crippen molar-refractivity contribution in [2.75, 3.05) is 45.4 Å². The Kier molecular flexibility index (Phi) is 6.47. The van der Waals surface area contributed by atoms with Crippen LogP contribution in [-0.2, 0) is 9.47 Å². The number of ether oxygens (including phenoxy) is 2. The maximum atomic E-state index is 5.11. The summed E-state index contributed by atoms with van der Waals surface area (Å²) in [5.74, 6) is 0.958. The molecule has 0 fully saturated rings. The van der Waals surface area contributed by atoms with Gasteiger partial charge in [-0.1, -0.05) is 0 Å². The Morgan fingerprint density at radius 3 is 2.29 bits per heavy atom. The number of pyridine rings is 1. The first-order valence-electron chi connectivity index (χ1n) is 5.54. The summed E-state index contributed by atoms with van der Waals surface area (Å²) in [6, 6.07) is 2.06. The summed E-state index contributed by atoms with van der Waals surface area (Å²) in [6.45, 7) is 5.04. The van der Waals surface area contributed by atoms with Crippen LogP contribution in [0.2, 0.25) is 0 Å². The maximum absolute atomic E-state index is 5.11. The van der Waals surface area contributed by atoms with Crippen molar-refractivity contribution in [1.82, 2.24) is 4.98 Å². The summed E-state index contributed by atoms with van der Waals surface area (Å²) < 4.78 is 11.2. The SMILES string of the molecule is COCCN(CCOC)c1cc(C)c(Br)cn1. The molecule has 1 heterocycles. The van der Waals surface area contributed by atoms with E-state index < -0.39 is 0 Å². The molecule has 0 saturated heterocycles. The number of hydrogen-bond acceptors (Lipinski definition) is 4. The number of rotatable bonds is 7. The van der Waals surface area contributed by atoms with Crippen molar-refractivity contribution in [2.45, 2.75) is 6.92 Å². The molecule has 0 unspecified atom stereocenters. The Bertz CT molecular complexity index is 339. The van der Waals surface area contributed by atoms with Gasteiger partial charge < -0.3 is 14.4 Å². The molecule has 0 bridgehead atoms. The minimum absolute atomic E-state index is 0.681. The molecule has 0 saturated carbocycles. The predicted octanol–water partition coefficient (Wildman–Crippen LogP) is 2.25.